The third-order valence-corrected chi connectivity index (χ3v) is 11.2. The summed E-state index contributed by atoms with van der Waals surface area (Å²) in [6.45, 7) is 6.41. The predicted octanol–water partition coefficient (Wildman–Crippen LogP) is 18.3. The average molecular weight is 929 g/mol. The molecule has 0 saturated carbocycles. The van der Waals surface area contributed by atoms with Crippen molar-refractivity contribution in [3.8, 4) is 0 Å². The Kier molecular flexibility index (Phi) is 51.5. The largest absolute Gasteiger partial charge is 0.462 e. The van der Waals surface area contributed by atoms with E-state index in [0.717, 1.165) is 122 Å². The summed E-state index contributed by atoms with van der Waals surface area (Å²) in [7, 11) is 0. The van der Waals surface area contributed by atoms with Crippen molar-refractivity contribution in [3.63, 3.8) is 0 Å². The molecule has 380 valence electrons. The van der Waals surface area contributed by atoms with E-state index in [0.29, 0.717) is 12.8 Å². The van der Waals surface area contributed by atoms with Crippen molar-refractivity contribution >= 4 is 17.9 Å². The second kappa shape index (κ2) is 54.7. The fourth-order valence-electron chi connectivity index (χ4n) is 7.13. The molecule has 0 rings (SSSR count). The summed E-state index contributed by atoms with van der Waals surface area (Å²) in [5.41, 5.74) is 0. The van der Waals surface area contributed by atoms with E-state index in [2.05, 4.69) is 130 Å². The highest BCUT2D eigenvalue weighted by molar-refractivity contribution is 5.71. The molecule has 0 bridgehead atoms. The summed E-state index contributed by atoms with van der Waals surface area (Å²) in [4.78, 5) is 38.1. The van der Waals surface area contributed by atoms with E-state index < -0.39 is 6.10 Å². The molecule has 0 aliphatic carbocycles. The van der Waals surface area contributed by atoms with Crippen molar-refractivity contribution in [3.05, 3.63) is 109 Å². The second-order valence-corrected chi connectivity index (χ2v) is 17.7. The Hall–Kier alpha value is -3.93. The molecule has 0 aliphatic heterocycles. The summed E-state index contributed by atoms with van der Waals surface area (Å²) in [5, 5.41) is 0. The fraction of sp³-hybridized carbons (Fsp3) is 0.656. The summed E-state index contributed by atoms with van der Waals surface area (Å²) >= 11 is 0. The van der Waals surface area contributed by atoms with Crippen molar-refractivity contribution in [1.82, 2.24) is 0 Å². The number of carbonyl (C=O) groups is 3. The lowest BCUT2D eigenvalue weighted by Crippen LogP contribution is -2.30. The lowest BCUT2D eigenvalue weighted by molar-refractivity contribution is -0.167. The van der Waals surface area contributed by atoms with Gasteiger partial charge in [0, 0.05) is 19.3 Å². The van der Waals surface area contributed by atoms with Crippen LogP contribution in [0.15, 0.2) is 109 Å². The van der Waals surface area contributed by atoms with Crippen LogP contribution in [0.3, 0.4) is 0 Å². The second-order valence-electron chi connectivity index (χ2n) is 17.7. The van der Waals surface area contributed by atoms with Gasteiger partial charge in [0.2, 0.25) is 0 Å². The van der Waals surface area contributed by atoms with Crippen LogP contribution in [0.25, 0.3) is 0 Å². The molecular weight excluding hydrogens is 829 g/mol. The van der Waals surface area contributed by atoms with Gasteiger partial charge in [-0.05, 0) is 122 Å². The number of carbonyl (C=O) groups excluding carboxylic acids is 3. The molecule has 0 aromatic heterocycles. The van der Waals surface area contributed by atoms with Gasteiger partial charge in [-0.25, -0.2) is 0 Å². The Labute approximate surface area is 412 Å². The van der Waals surface area contributed by atoms with Gasteiger partial charge < -0.3 is 14.2 Å². The van der Waals surface area contributed by atoms with Gasteiger partial charge in [-0.1, -0.05) is 207 Å². The molecule has 0 aromatic carbocycles. The molecule has 67 heavy (non-hydrogen) atoms. The van der Waals surface area contributed by atoms with Crippen LogP contribution in [-0.4, -0.2) is 37.2 Å². The monoisotopic (exact) mass is 929 g/mol. The smallest absolute Gasteiger partial charge is 0.306 e. The third-order valence-electron chi connectivity index (χ3n) is 11.2. The number of esters is 3. The van der Waals surface area contributed by atoms with E-state index in [1.807, 2.05) is 0 Å². The number of hydrogen-bond acceptors (Lipinski definition) is 6. The topological polar surface area (TPSA) is 78.9 Å². The van der Waals surface area contributed by atoms with Crippen LogP contribution in [0, 0.1) is 0 Å². The Balaban J connectivity index is 4.55. The highest BCUT2D eigenvalue weighted by Gasteiger charge is 2.19. The summed E-state index contributed by atoms with van der Waals surface area (Å²) < 4.78 is 16.8. The van der Waals surface area contributed by atoms with E-state index in [1.165, 1.54) is 70.6 Å². The summed E-state index contributed by atoms with van der Waals surface area (Å²) in [5.74, 6) is -1.01. The van der Waals surface area contributed by atoms with Crippen LogP contribution in [-0.2, 0) is 28.6 Å². The molecule has 1 atom stereocenters. The van der Waals surface area contributed by atoms with Gasteiger partial charge in [-0.3, -0.25) is 14.4 Å². The number of rotatable bonds is 48. The molecule has 0 aliphatic rings. The van der Waals surface area contributed by atoms with Crippen LogP contribution >= 0.6 is 0 Å². The number of ether oxygens (including phenoxy) is 3. The van der Waals surface area contributed by atoms with Crippen LogP contribution in [0.5, 0.6) is 0 Å². The molecule has 0 unspecified atom stereocenters. The lowest BCUT2D eigenvalue weighted by atomic mass is 10.1. The maximum atomic E-state index is 12.8. The van der Waals surface area contributed by atoms with Gasteiger partial charge in [0.05, 0.1) is 0 Å². The SMILES string of the molecule is CC/C=C\C/C=C\C/C=C\CCCCCCCC(=O)OC[C@H](COC(=O)CCC/C=C\C/C=C\C/C=C\CCCCCCCC)OC(=O)CCCCCC/C=C\C/C=C\C/C=C\CCCCC. The molecule has 0 saturated heterocycles. The van der Waals surface area contributed by atoms with Gasteiger partial charge in [0.15, 0.2) is 6.10 Å². The van der Waals surface area contributed by atoms with E-state index in [-0.39, 0.29) is 44.0 Å². The maximum absolute atomic E-state index is 12.8. The maximum Gasteiger partial charge on any atom is 0.306 e. The zero-order valence-electron chi connectivity index (χ0n) is 43.4. The van der Waals surface area contributed by atoms with Crippen molar-refractivity contribution in [2.75, 3.05) is 13.2 Å². The van der Waals surface area contributed by atoms with Crippen molar-refractivity contribution in [2.45, 2.75) is 245 Å². The Bertz CT molecular complexity index is 1390. The molecule has 0 amide bonds. The highest BCUT2D eigenvalue weighted by Crippen LogP contribution is 2.12. The Morgan fingerprint density at radius 3 is 1.00 bits per heavy atom. The molecular formula is C61H100O6. The van der Waals surface area contributed by atoms with E-state index in [9.17, 15) is 14.4 Å². The van der Waals surface area contributed by atoms with Crippen LogP contribution in [0.1, 0.15) is 239 Å². The molecule has 6 heteroatoms. The first-order valence-corrected chi connectivity index (χ1v) is 27.4. The first-order chi connectivity index (χ1) is 33.0. The minimum atomic E-state index is -0.820. The van der Waals surface area contributed by atoms with Gasteiger partial charge >= 0.3 is 17.9 Å². The minimum absolute atomic E-state index is 0.114. The van der Waals surface area contributed by atoms with E-state index in [1.54, 1.807) is 0 Å². The molecule has 0 fully saturated rings. The standard InChI is InChI=1S/C61H100O6/c1-4-7-10-13-16-19-22-25-28-30-33-36-39-42-45-48-51-54-60(63)66-57-58(56-65-59(62)53-50-47-44-41-38-35-32-27-24-21-18-15-12-9-6-3)67-61(64)55-52-49-46-43-40-37-34-31-29-26-23-20-17-14-11-8-5-2/h9,12,17-18,20-21,25-29,32-34,36-37,42,45,58H,4-8,10-11,13-16,19,22-24,30-31,35,38-41,43-44,46-57H2,1-3H3/b12-9-,20-17-,21-18-,28-25-,29-26-,32-27-,36-33-,37-34-,45-42-/t58-/m1/s1. The number of hydrogen-bond donors (Lipinski definition) is 0. The van der Waals surface area contributed by atoms with Crippen molar-refractivity contribution in [1.29, 1.82) is 0 Å². The molecule has 0 radical (unpaired) electrons. The van der Waals surface area contributed by atoms with Crippen LogP contribution < -0.4 is 0 Å². The van der Waals surface area contributed by atoms with Gasteiger partial charge in [-0.15, -0.1) is 0 Å². The molecule has 0 N–H and O–H groups in total. The molecule has 0 aromatic rings. The fourth-order valence-corrected chi connectivity index (χ4v) is 7.13. The molecule has 0 heterocycles. The van der Waals surface area contributed by atoms with Gasteiger partial charge in [0.1, 0.15) is 13.2 Å². The summed E-state index contributed by atoms with van der Waals surface area (Å²) in [6, 6.07) is 0. The van der Waals surface area contributed by atoms with E-state index >= 15 is 0 Å². The zero-order valence-corrected chi connectivity index (χ0v) is 43.4. The quantitative estimate of drug-likeness (QED) is 0.0262. The van der Waals surface area contributed by atoms with Gasteiger partial charge in [-0.2, -0.15) is 0 Å². The molecule has 6 nitrogen and oxygen atoms in total. The zero-order chi connectivity index (χ0) is 48.6. The number of unbranched alkanes of at least 4 members (excludes halogenated alkanes) is 19. The normalized spacial score (nSPS) is 12.9. The van der Waals surface area contributed by atoms with Crippen molar-refractivity contribution < 1.29 is 28.6 Å². The van der Waals surface area contributed by atoms with Crippen LogP contribution in [0.2, 0.25) is 0 Å². The number of allylic oxidation sites excluding steroid dienone is 18. The lowest BCUT2D eigenvalue weighted by Gasteiger charge is -2.18. The minimum Gasteiger partial charge on any atom is -0.462 e. The first-order valence-electron chi connectivity index (χ1n) is 27.4. The Morgan fingerprint density at radius 1 is 0.313 bits per heavy atom. The molecule has 0 spiro atoms. The third kappa shape index (κ3) is 52.9. The highest BCUT2D eigenvalue weighted by atomic mass is 16.6. The van der Waals surface area contributed by atoms with Crippen molar-refractivity contribution in [2.24, 2.45) is 0 Å². The summed E-state index contributed by atoms with van der Waals surface area (Å²) in [6.07, 6.45) is 73.6. The average Bonchev–Trinajstić information content (AvgIpc) is 3.33. The Morgan fingerprint density at radius 2 is 0.597 bits per heavy atom. The predicted molar refractivity (Wildman–Crippen MR) is 288 cm³/mol. The van der Waals surface area contributed by atoms with Crippen LogP contribution in [0.4, 0.5) is 0 Å². The van der Waals surface area contributed by atoms with E-state index in [4.69, 9.17) is 14.2 Å². The first kappa shape index (κ1) is 63.1. The van der Waals surface area contributed by atoms with Gasteiger partial charge in [0.25, 0.3) is 0 Å².